The zero-order valence-corrected chi connectivity index (χ0v) is 19.7. The molecule has 2 heterocycles. The Morgan fingerprint density at radius 2 is 1.66 bits per heavy atom. The minimum Gasteiger partial charge on any atom is -0.373 e. The number of sulfonamides is 1. The van der Waals surface area contributed by atoms with Crippen LogP contribution in [-0.4, -0.2) is 55.8 Å². The van der Waals surface area contributed by atoms with E-state index in [9.17, 15) is 13.2 Å². The summed E-state index contributed by atoms with van der Waals surface area (Å²) >= 11 is 6.25. The zero-order chi connectivity index (χ0) is 22.6. The number of benzene rings is 2. The molecule has 2 fully saturated rings. The molecule has 0 bridgehead atoms. The summed E-state index contributed by atoms with van der Waals surface area (Å²) in [6, 6.07) is 14.6. The number of hydrogen-bond donors (Lipinski definition) is 0. The Balaban J connectivity index is 1.39. The van der Waals surface area contributed by atoms with E-state index in [-0.39, 0.29) is 21.9 Å². The van der Waals surface area contributed by atoms with Crippen molar-refractivity contribution >= 4 is 27.5 Å². The van der Waals surface area contributed by atoms with E-state index in [1.165, 1.54) is 16.4 Å². The lowest BCUT2D eigenvalue weighted by Gasteiger charge is -2.32. The maximum atomic E-state index is 13.1. The van der Waals surface area contributed by atoms with Crippen molar-refractivity contribution in [1.29, 1.82) is 0 Å². The Labute approximate surface area is 195 Å². The van der Waals surface area contributed by atoms with Gasteiger partial charge in [0.1, 0.15) is 4.90 Å². The molecule has 0 aliphatic carbocycles. The van der Waals surface area contributed by atoms with Crippen molar-refractivity contribution in [3.8, 4) is 0 Å². The van der Waals surface area contributed by atoms with E-state index in [4.69, 9.17) is 16.3 Å². The van der Waals surface area contributed by atoms with Gasteiger partial charge in [-0.2, -0.15) is 4.31 Å². The number of rotatable bonds is 6. The third-order valence-corrected chi connectivity index (χ3v) is 8.55. The molecule has 1 amide bonds. The van der Waals surface area contributed by atoms with Gasteiger partial charge in [-0.3, -0.25) is 4.79 Å². The van der Waals surface area contributed by atoms with Crippen LogP contribution in [0, 0.1) is 0 Å². The summed E-state index contributed by atoms with van der Waals surface area (Å²) in [7, 11) is -3.71. The predicted octanol–water partition coefficient (Wildman–Crippen LogP) is 4.34. The van der Waals surface area contributed by atoms with Crippen molar-refractivity contribution in [1.82, 2.24) is 9.21 Å². The van der Waals surface area contributed by atoms with E-state index in [1.54, 1.807) is 11.0 Å². The van der Waals surface area contributed by atoms with Crippen LogP contribution >= 0.6 is 11.6 Å². The average molecular weight is 477 g/mol. The predicted molar refractivity (Wildman–Crippen MR) is 124 cm³/mol. The van der Waals surface area contributed by atoms with E-state index < -0.39 is 10.0 Å². The van der Waals surface area contributed by atoms with Crippen LogP contribution in [0.1, 0.15) is 48.0 Å². The minimum atomic E-state index is -3.71. The molecule has 2 aliphatic rings. The molecule has 0 N–H and O–H groups in total. The summed E-state index contributed by atoms with van der Waals surface area (Å²) in [4.78, 5) is 14.9. The molecule has 0 unspecified atom stereocenters. The molecule has 8 heteroatoms. The summed E-state index contributed by atoms with van der Waals surface area (Å²) in [5.41, 5.74) is 1.49. The van der Waals surface area contributed by atoms with Crippen molar-refractivity contribution in [2.45, 2.75) is 49.7 Å². The van der Waals surface area contributed by atoms with Crippen LogP contribution in [0.5, 0.6) is 0 Å². The van der Waals surface area contributed by atoms with Gasteiger partial charge in [0.15, 0.2) is 0 Å². The number of amides is 1. The number of carbonyl (C=O) groups is 1. The second-order valence-corrected chi connectivity index (χ2v) is 10.7. The lowest BCUT2D eigenvalue weighted by Crippen LogP contribution is -2.41. The lowest BCUT2D eigenvalue weighted by molar-refractivity contribution is -0.000384. The smallest absolute Gasteiger partial charge is 0.253 e. The molecule has 6 nitrogen and oxygen atoms in total. The van der Waals surface area contributed by atoms with Crippen LogP contribution in [0.2, 0.25) is 5.02 Å². The number of likely N-dealkylation sites (tertiary alicyclic amines) is 1. The van der Waals surface area contributed by atoms with Crippen LogP contribution in [0.25, 0.3) is 0 Å². The molecule has 4 rings (SSSR count). The topological polar surface area (TPSA) is 66.9 Å². The van der Waals surface area contributed by atoms with Crippen LogP contribution < -0.4 is 0 Å². The fourth-order valence-corrected chi connectivity index (χ4v) is 6.29. The van der Waals surface area contributed by atoms with Crippen molar-refractivity contribution in [3.05, 3.63) is 64.7 Å². The van der Waals surface area contributed by atoms with Crippen molar-refractivity contribution in [2.24, 2.45) is 0 Å². The van der Waals surface area contributed by atoms with Crippen molar-refractivity contribution < 1.29 is 17.9 Å². The molecule has 32 heavy (non-hydrogen) atoms. The molecule has 0 spiro atoms. The third kappa shape index (κ3) is 5.34. The van der Waals surface area contributed by atoms with E-state index in [0.717, 1.165) is 37.7 Å². The maximum absolute atomic E-state index is 13.1. The number of halogens is 1. The first-order chi connectivity index (χ1) is 15.4. The molecule has 2 saturated heterocycles. The first kappa shape index (κ1) is 23.2. The van der Waals surface area contributed by atoms with Gasteiger partial charge in [0.05, 0.1) is 17.7 Å². The fraction of sp³-hybridized carbons (Fsp3) is 0.458. The van der Waals surface area contributed by atoms with E-state index in [1.807, 2.05) is 30.3 Å². The first-order valence-corrected chi connectivity index (χ1v) is 13.0. The summed E-state index contributed by atoms with van der Waals surface area (Å²) in [6.07, 6.45) is 4.34. The number of piperidine rings is 2. The van der Waals surface area contributed by atoms with Gasteiger partial charge in [-0.15, -0.1) is 0 Å². The van der Waals surface area contributed by atoms with Gasteiger partial charge in [-0.05, 0) is 49.4 Å². The number of ether oxygens (including phenoxy) is 1. The monoisotopic (exact) mass is 476 g/mol. The van der Waals surface area contributed by atoms with E-state index in [2.05, 4.69) is 0 Å². The molecule has 0 atom stereocenters. The molecule has 0 radical (unpaired) electrons. The molecular formula is C24H29ClN2O4S. The van der Waals surface area contributed by atoms with Gasteiger partial charge in [-0.1, -0.05) is 48.4 Å². The maximum Gasteiger partial charge on any atom is 0.253 e. The zero-order valence-electron chi connectivity index (χ0n) is 18.1. The second-order valence-electron chi connectivity index (χ2n) is 8.40. The highest BCUT2D eigenvalue weighted by Gasteiger charge is 2.30. The van der Waals surface area contributed by atoms with Gasteiger partial charge in [0.25, 0.3) is 5.91 Å². The lowest BCUT2D eigenvalue weighted by atomic mass is 10.1. The Morgan fingerprint density at radius 1 is 0.969 bits per heavy atom. The SMILES string of the molecule is O=C(c1ccc(Cl)c(S(=O)(=O)N2CCCCC2)c1)N1CCC(OCc2ccccc2)CC1. The highest BCUT2D eigenvalue weighted by molar-refractivity contribution is 7.89. The van der Waals surface area contributed by atoms with Crippen molar-refractivity contribution in [3.63, 3.8) is 0 Å². The quantitative estimate of drug-likeness (QED) is 0.622. The Bertz CT molecular complexity index is 1030. The highest BCUT2D eigenvalue weighted by atomic mass is 35.5. The molecule has 2 aliphatic heterocycles. The second kappa shape index (κ2) is 10.3. The molecule has 2 aromatic carbocycles. The summed E-state index contributed by atoms with van der Waals surface area (Å²) in [5.74, 6) is -0.168. The fourth-order valence-electron chi connectivity index (χ4n) is 4.27. The summed E-state index contributed by atoms with van der Waals surface area (Å²) in [6.45, 7) is 2.71. The van der Waals surface area contributed by atoms with Crippen LogP contribution in [0.3, 0.4) is 0 Å². The number of carbonyl (C=O) groups excluding carboxylic acids is 1. The Morgan fingerprint density at radius 3 is 2.34 bits per heavy atom. The minimum absolute atomic E-state index is 0.0213. The normalized spacial score (nSPS) is 18.6. The number of nitrogens with zero attached hydrogens (tertiary/aromatic N) is 2. The summed E-state index contributed by atoms with van der Waals surface area (Å²) < 4.78 is 33.7. The largest absolute Gasteiger partial charge is 0.373 e. The molecular weight excluding hydrogens is 448 g/mol. The van der Waals surface area contributed by atoms with Crippen LogP contribution in [-0.2, 0) is 21.4 Å². The molecule has 0 aromatic heterocycles. The van der Waals surface area contributed by atoms with E-state index in [0.29, 0.717) is 38.3 Å². The summed E-state index contributed by atoms with van der Waals surface area (Å²) in [5, 5.41) is 0.153. The van der Waals surface area contributed by atoms with Gasteiger partial charge >= 0.3 is 0 Å². The molecule has 2 aromatic rings. The van der Waals surface area contributed by atoms with Crippen molar-refractivity contribution in [2.75, 3.05) is 26.2 Å². The first-order valence-electron chi connectivity index (χ1n) is 11.2. The van der Waals surface area contributed by atoms with Gasteiger partial charge in [0.2, 0.25) is 10.0 Å². The average Bonchev–Trinajstić information content (AvgIpc) is 2.84. The molecule has 0 saturated carbocycles. The molecule has 172 valence electrons. The third-order valence-electron chi connectivity index (χ3n) is 6.17. The van der Waals surface area contributed by atoms with E-state index >= 15 is 0 Å². The van der Waals surface area contributed by atoms with Gasteiger partial charge in [-0.25, -0.2) is 8.42 Å². The van der Waals surface area contributed by atoms with Gasteiger partial charge in [0, 0.05) is 31.7 Å². The Kier molecular flexibility index (Phi) is 7.51. The standard InChI is InChI=1S/C24H29ClN2O4S/c25-22-10-9-20(17-23(22)32(29,30)27-13-5-2-6-14-27)24(28)26-15-11-21(12-16-26)31-18-19-7-3-1-4-8-19/h1,3-4,7-10,17,21H,2,5-6,11-16,18H2. The highest BCUT2D eigenvalue weighted by Crippen LogP contribution is 2.29. The van der Waals surface area contributed by atoms with Crippen LogP contribution in [0.15, 0.2) is 53.4 Å². The Hall–Kier alpha value is -1.93. The number of hydrogen-bond acceptors (Lipinski definition) is 4. The van der Waals surface area contributed by atoms with Gasteiger partial charge < -0.3 is 9.64 Å². The van der Waals surface area contributed by atoms with Crippen LogP contribution in [0.4, 0.5) is 0 Å².